The van der Waals surface area contributed by atoms with E-state index in [9.17, 15) is 10.2 Å². The summed E-state index contributed by atoms with van der Waals surface area (Å²) in [5.41, 5.74) is 1.15. The Hall–Kier alpha value is 0.274. The largest absolute Gasteiger partial charge is 0.396 e. The first kappa shape index (κ1) is 47.3. The molecule has 0 aromatic carbocycles. The van der Waals surface area contributed by atoms with Crippen LogP contribution in [0.1, 0.15) is 137 Å². The van der Waals surface area contributed by atoms with Gasteiger partial charge in [-0.05, 0) is 45.3 Å². The van der Waals surface area contributed by atoms with E-state index in [-0.39, 0.29) is 13.2 Å². The highest BCUT2D eigenvalue weighted by molar-refractivity contribution is 6.80. The number of rotatable bonds is 20. The number of aliphatic hydroxyl groups excluding tert-OH is 2. The molecule has 0 aromatic rings. The van der Waals surface area contributed by atoms with Gasteiger partial charge in [-0.3, -0.25) is 0 Å². The predicted molar refractivity (Wildman–Crippen MR) is 214 cm³/mol. The number of aliphatic hydroxyl groups is 2. The van der Waals surface area contributed by atoms with Crippen LogP contribution in [0.4, 0.5) is 0 Å². The second-order valence-electron chi connectivity index (χ2n) is 23.6. The van der Waals surface area contributed by atoms with Crippen LogP contribution in [0.15, 0.2) is 0 Å². The van der Waals surface area contributed by atoms with E-state index in [4.69, 9.17) is 9.47 Å². The Labute approximate surface area is 298 Å². The van der Waals surface area contributed by atoms with Gasteiger partial charge in [0.05, 0.1) is 48.0 Å². The van der Waals surface area contributed by atoms with Gasteiger partial charge in [0.1, 0.15) is 0 Å². The van der Waals surface area contributed by atoms with Crippen molar-refractivity contribution in [3.05, 3.63) is 0 Å². The van der Waals surface area contributed by atoms with E-state index in [1.54, 1.807) is 0 Å². The molecule has 0 aliphatic heterocycles. The average molecular weight is 701 g/mol. The summed E-state index contributed by atoms with van der Waals surface area (Å²) in [6.45, 7) is 45.2. The summed E-state index contributed by atoms with van der Waals surface area (Å²) in [5, 5.41) is 20.8. The van der Waals surface area contributed by atoms with Crippen LogP contribution in [0.2, 0.25) is 48.4 Å². The molecule has 0 radical (unpaired) electrons. The molecule has 0 rings (SSSR count). The van der Waals surface area contributed by atoms with Gasteiger partial charge < -0.3 is 19.7 Å². The van der Waals surface area contributed by atoms with Crippen molar-refractivity contribution in [2.45, 2.75) is 186 Å². The Morgan fingerprint density at radius 1 is 0.383 bits per heavy atom. The molecule has 6 heteroatoms. The van der Waals surface area contributed by atoms with Crippen molar-refractivity contribution in [2.75, 3.05) is 39.6 Å². The van der Waals surface area contributed by atoms with Crippen LogP contribution in [0.3, 0.4) is 0 Å². The first-order chi connectivity index (χ1) is 20.8. The van der Waals surface area contributed by atoms with Crippen molar-refractivity contribution in [2.24, 2.45) is 37.9 Å². The van der Waals surface area contributed by atoms with Gasteiger partial charge in [-0.1, -0.05) is 173 Å². The number of hydrogen-bond donors (Lipinski definition) is 2. The zero-order chi connectivity index (χ0) is 37.2. The van der Waals surface area contributed by atoms with Crippen LogP contribution in [-0.4, -0.2) is 66.0 Å². The maximum Gasteiger partial charge on any atom is 0.0632 e. The third-order valence-electron chi connectivity index (χ3n) is 8.91. The van der Waals surface area contributed by atoms with Gasteiger partial charge in [-0.2, -0.15) is 0 Å². The molecule has 0 aliphatic rings. The molecule has 0 saturated carbocycles. The minimum absolute atomic E-state index is 0.128. The van der Waals surface area contributed by atoms with E-state index in [1.807, 2.05) is 0 Å². The highest BCUT2D eigenvalue weighted by Gasteiger charge is 2.43. The number of hydrogen-bond acceptors (Lipinski definition) is 4. The summed E-state index contributed by atoms with van der Waals surface area (Å²) >= 11 is 0. The Bertz CT molecular complexity index is 703. The maximum absolute atomic E-state index is 10.4. The summed E-state index contributed by atoms with van der Waals surface area (Å²) in [6, 6.07) is 10.6. The lowest BCUT2D eigenvalue weighted by atomic mass is 9.92. The Balaban J connectivity index is 5.45. The fraction of sp³-hybridized carbons (Fsp3) is 1.00. The van der Waals surface area contributed by atoms with E-state index >= 15 is 0 Å². The van der Waals surface area contributed by atoms with Gasteiger partial charge in [0.15, 0.2) is 0 Å². The minimum atomic E-state index is -1.61. The molecule has 2 N–H and O–H groups in total. The Morgan fingerprint density at radius 3 is 0.766 bits per heavy atom. The highest BCUT2D eigenvalue weighted by atomic mass is 28.3. The third-order valence-corrected chi connectivity index (χ3v) is 22.6. The smallest absolute Gasteiger partial charge is 0.0632 e. The van der Waals surface area contributed by atoms with Crippen LogP contribution in [0.5, 0.6) is 0 Å². The van der Waals surface area contributed by atoms with Crippen molar-refractivity contribution in [3.63, 3.8) is 0 Å². The molecule has 0 amide bonds. The van der Waals surface area contributed by atoms with Crippen LogP contribution in [-0.2, 0) is 9.47 Å². The number of ether oxygens (including phenoxy) is 2. The quantitative estimate of drug-likeness (QED) is 0.0980. The molecule has 0 heterocycles. The SMILES string of the molecule is CC(C)(C)C[Si](CCCOCC(CO)(CO)COCCC[Si](CC(C)(C)C)(CC(C)(C)C)CC(C)(C)C)(CC(C)(C)C)CC(C)(C)C. The molecule has 4 nitrogen and oxygen atoms in total. The molecular weight excluding hydrogens is 613 g/mol. The van der Waals surface area contributed by atoms with E-state index < -0.39 is 21.6 Å². The monoisotopic (exact) mass is 701 g/mol. The molecule has 0 unspecified atom stereocenters. The molecular formula is C41H88O4Si2. The summed E-state index contributed by atoms with van der Waals surface area (Å²) in [5.74, 6) is 0. The Kier molecular flexibility index (Phi) is 18.3. The molecule has 0 spiro atoms. The van der Waals surface area contributed by atoms with Crippen molar-refractivity contribution >= 4 is 16.1 Å². The molecule has 0 aromatic heterocycles. The summed E-state index contributed by atoms with van der Waals surface area (Å²) < 4.78 is 12.5. The standard InChI is InChI=1S/C41H88O4Si2/c1-35(2,3)29-46(30-36(4,5)6,31-37(7,8)9)23-19-21-44-27-41(25-42,26-43)28-45-22-20-24-47(32-38(10,11)12,33-39(13,14)15)34-40(16,17)18/h42-43H,19-34H2,1-18H3. The lowest BCUT2D eigenvalue weighted by Crippen LogP contribution is -2.44. The van der Waals surface area contributed by atoms with Gasteiger partial charge in [0.25, 0.3) is 0 Å². The Morgan fingerprint density at radius 2 is 0.596 bits per heavy atom. The van der Waals surface area contributed by atoms with Crippen LogP contribution in [0, 0.1) is 37.9 Å². The first-order valence-corrected chi connectivity index (χ1v) is 24.8. The lowest BCUT2D eigenvalue weighted by Gasteiger charge is -2.45. The molecule has 284 valence electrons. The van der Waals surface area contributed by atoms with E-state index in [2.05, 4.69) is 125 Å². The summed E-state index contributed by atoms with van der Waals surface area (Å²) in [4.78, 5) is 0. The van der Waals surface area contributed by atoms with Crippen LogP contribution in [0.25, 0.3) is 0 Å². The van der Waals surface area contributed by atoms with Gasteiger partial charge in [0.2, 0.25) is 0 Å². The van der Waals surface area contributed by atoms with Gasteiger partial charge in [0, 0.05) is 13.2 Å². The summed E-state index contributed by atoms with van der Waals surface area (Å²) in [7, 11) is -3.21. The third kappa shape index (κ3) is 23.4. The zero-order valence-corrected chi connectivity index (χ0v) is 37.5. The predicted octanol–water partition coefficient (Wildman–Crippen LogP) is 11.9. The first-order valence-electron chi connectivity index (χ1n) is 19.2. The van der Waals surface area contributed by atoms with Crippen LogP contribution >= 0.6 is 0 Å². The van der Waals surface area contributed by atoms with E-state index in [0.717, 1.165) is 12.8 Å². The van der Waals surface area contributed by atoms with Crippen LogP contribution < -0.4 is 0 Å². The fourth-order valence-electron chi connectivity index (χ4n) is 9.61. The minimum Gasteiger partial charge on any atom is -0.396 e. The van der Waals surface area contributed by atoms with Crippen molar-refractivity contribution in [3.8, 4) is 0 Å². The van der Waals surface area contributed by atoms with Crippen molar-refractivity contribution in [1.29, 1.82) is 0 Å². The maximum atomic E-state index is 10.4. The van der Waals surface area contributed by atoms with Crippen molar-refractivity contribution < 1.29 is 19.7 Å². The normalized spacial score (nSPS) is 15.1. The van der Waals surface area contributed by atoms with Gasteiger partial charge in [-0.25, -0.2) is 0 Å². The molecule has 47 heavy (non-hydrogen) atoms. The average Bonchev–Trinajstić information content (AvgIpc) is 2.75. The summed E-state index contributed by atoms with van der Waals surface area (Å²) in [6.07, 6.45) is 2.09. The van der Waals surface area contributed by atoms with E-state index in [0.29, 0.717) is 58.9 Å². The second kappa shape index (κ2) is 18.2. The lowest BCUT2D eigenvalue weighted by molar-refractivity contribution is -0.0767. The zero-order valence-electron chi connectivity index (χ0n) is 35.5. The van der Waals surface area contributed by atoms with E-state index in [1.165, 1.54) is 48.4 Å². The molecule has 0 saturated heterocycles. The second-order valence-corrected chi connectivity index (χ2v) is 32.7. The fourth-order valence-corrected chi connectivity index (χ4v) is 26.7. The molecule has 0 atom stereocenters. The topological polar surface area (TPSA) is 58.9 Å². The molecule has 0 aliphatic carbocycles. The van der Waals surface area contributed by atoms with Gasteiger partial charge in [-0.15, -0.1) is 0 Å². The molecule has 0 bridgehead atoms. The molecule has 0 fully saturated rings. The van der Waals surface area contributed by atoms with Gasteiger partial charge >= 0.3 is 0 Å². The highest BCUT2D eigenvalue weighted by Crippen LogP contribution is 2.47. The van der Waals surface area contributed by atoms with Crippen molar-refractivity contribution in [1.82, 2.24) is 0 Å².